The molecule has 0 unspecified atom stereocenters. The van der Waals surface area contributed by atoms with Crippen molar-refractivity contribution < 1.29 is 9.72 Å². The molecule has 2 aromatic rings. The molecule has 0 aliphatic rings. The van der Waals surface area contributed by atoms with E-state index in [1.807, 2.05) is 0 Å². The van der Waals surface area contributed by atoms with E-state index in [0.29, 0.717) is 6.54 Å². The number of nitrogens with one attached hydrogen (secondary N) is 1. The number of hydrogen-bond donors (Lipinski definition) is 2. The molecule has 1 heterocycles. The van der Waals surface area contributed by atoms with Gasteiger partial charge in [0.1, 0.15) is 5.69 Å². The molecule has 0 radical (unpaired) electrons. The Morgan fingerprint density at radius 3 is 2.90 bits per heavy atom. The van der Waals surface area contributed by atoms with Gasteiger partial charge in [-0.1, -0.05) is 0 Å². The van der Waals surface area contributed by atoms with E-state index in [1.54, 1.807) is 24.1 Å². The Morgan fingerprint density at radius 1 is 1.55 bits per heavy atom. The normalized spacial score (nSPS) is 10.2. The van der Waals surface area contributed by atoms with Crippen LogP contribution in [-0.4, -0.2) is 20.6 Å². The first-order valence-electron chi connectivity index (χ1n) is 5.77. The smallest absolute Gasteiger partial charge is 0.292 e. The lowest BCUT2D eigenvalue weighted by Crippen LogP contribution is -2.22. The van der Waals surface area contributed by atoms with Crippen molar-refractivity contribution in [2.24, 2.45) is 7.05 Å². The van der Waals surface area contributed by atoms with Crippen molar-refractivity contribution in [3.05, 3.63) is 51.8 Å². The van der Waals surface area contributed by atoms with Gasteiger partial charge in [0.05, 0.1) is 11.1 Å². The minimum atomic E-state index is -0.618. The Bertz CT molecular complexity index is 665. The first-order valence-corrected chi connectivity index (χ1v) is 5.77. The molecule has 104 valence electrons. The van der Waals surface area contributed by atoms with Crippen molar-refractivity contribution in [2.45, 2.75) is 6.54 Å². The monoisotopic (exact) mass is 275 g/mol. The molecule has 3 N–H and O–H groups in total. The van der Waals surface area contributed by atoms with E-state index in [-0.39, 0.29) is 16.9 Å². The van der Waals surface area contributed by atoms with Crippen molar-refractivity contribution >= 4 is 17.3 Å². The van der Waals surface area contributed by atoms with Gasteiger partial charge >= 0.3 is 0 Å². The van der Waals surface area contributed by atoms with Gasteiger partial charge in [0.25, 0.3) is 11.6 Å². The zero-order chi connectivity index (χ0) is 14.7. The summed E-state index contributed by atoms with van der Waals surface area (Å²) < 4.78 is 1.62. The van der Waals surface area contributed by atoms with Crippen molar-refractivity contribution in [1.29, 1.82) is 0 Å². The maximum atomic E-state index is 11.9. The summed E-state index contributed by atoms with van der Waals surface area (Å²) in [5.74, 6) is -0.406. The maximum absolute atomic E-state index is 11.9. The van der Waals surface area contributed by atoms with Crippen LogP contribution in [0.4, 0.5) is 11.4 Å². The van der Waals surface area contributed by atoms with Gasteiger partial charge in [-0.15, -0.1) is 0 Å². The molecule has 1 aromatic carbocycles. The number of hydrogen-bond acceptors (Lipinski definition) is 5. The SMILES string of the molecule is Cn1cc(CNC(=O)c2ccc(N)c([N+](=O)[O-])c2)cn1. The van der Waals surface area contributed by atoms with E-state index in [9.17, 15) is 14.9 Å². The fourth-order valence-electron chi connectivity index (χ4n) is 1.69. The molecule has 1 aromatic heterocycles. The predicted octanol–water partition coefficient (Wildman–Crippen LogP) is 0.841. The molecule has 2 rings (SSSR count). The summed E-state index contributed by atoms with van der Waals surface area (Å²) in [6.07, 6.45) is 3.40. The van der Waals surface area contributed by atoms with E-state index in [0.717, 1.165) is 11.6 Å². The Labute approximate surface area is 114 Å². The van der Waals surface area contributed by atoms with Crippen LogP contribution in [0, 0.1) is 10.1 Å². The summed E-state index contributed by atoms with van der Waals surface area (Å²) in [5, 5.41) is 17.4. The number of aromatic nitrogens is 2. The first-order chi connectivity index (χ1) is 9.47. The van der Waals surface area contributed by atoms with Crippen LogP contribution in [-0.2, 0) is 13.6 Å². The largest absolute Gasteiger partial charge is 0.393 e. The molecule has 0 bridgehead atoms. The number of aryl methyl sites for hydroxylation is 1. The number of nitro benzene ring substituents is 1. The molecule has 0 fully saturated rings. The highest BCUT2D eigenvalue weighted by Crippen LogP contribution is 2.22. The number of amides is 1. The van der Waals surface area contributed by atoms with Crippen molar-refractivity contribution in [3.8, 4) is 0 Å². The average molecular weight is 275 g/mol. The Morgan fingerprint density at radius 2 is 2.30 bits per heavy atom. The van der Waals surface area contributed by atoms with Gasteiger partial charge in [-0.25, -0.2) is 0 Å². The third-order valence-corrected chi connectivity index (χ3v) is 2.70. The molecule has 0 saturated carbocycles. The zero-order valence-electron chi connectivity index (χ0n) is 10.7. The molecule has 1 amide bonds. The standard InChI is InChI=1S/C12H13N5O3/c1-16-7-8(6-15-16)5-14-12(18)9-2-3-10(13)11(4-9)17(19)20/h2-4,6-7H,5,13H2,1H3,(H,14,18). The van der Waals surface area contributed by atoms with Crippen LogP contribution in [0.3, 0.4) is 0 Å². The summed E-state index contributed by atoms with van der Waals surface area (Å²) in [4.78, 5) is 22.1. The topological polar surface area (TPSA) is 116 Å². The zero-order valence-corrected chi connectivity index (χ0v) is 10.7. The van der Waals surface area contributed by atoms with Gasteiger partial charge in [0.15, 0.2) is 0 Å². The Hall–Kier alpha value is -2.90. The summed E-state index contributed by atoms with van der Waals surface area (Å²) in [7, 11) is 1.77. The van der Waals surface area contributed by atoms with Gasteiger partial charge in [-0.3, -0.25) is 19.6 Å². The minimum Gasteiger partial charge on any atom is -0.393 e. The minimum absolute atomic E-state index is 0.0267. The number of nitrogens with two attached hydrogens (primary N) is 1. The number of carbonyl (C=O) groups excluding carboxylic acids is 1. The third kappa shape index (κ3) is 2.91. The molecule has 0 saturated heterocycles. The lowest BCUT2D eigenvalue weighted by atomic mass is 10.1. The van der Waals surface area contributed by atoms with Crippen LogP contribution in [0.1, 0.15) is 15.9 Å². The highest BCUT2D eigenvalue weighted by atomic mass is 16.6. The van der Waals surface area contributed by atoms with Crippen LogP contribution >= 0.6 is 0 Å². The summed E-state index contributed by atoms with van der Waals surface area (Å²) in [6, 6.07) is 3.95. The molecule has 0 spiro atoms. The van der Waals surface area contributed by atoms with E-state index < -0.39 is 10.8 Å². The van der Waals surface area contributed by atoms with E-state index in [2.05, 4.69) is 10.4 Å². The molecular formula is C12H13N5O3. The second-order valence-corrected chi connectivity index (χ2v) is 4.24. The number of nitrogens with zero attached hydrogens (tertiary/aromatic N) is 3. The quantitative estimate of drug-likeness (QED) is 0.487. The number of nitrogen functional groups attached to an aromatic ring is 1. The van der Waals surface area contributed by atoms with Gasteiger partial charge in [-0.05, 0) is 12.1 Å². The van der Waals surface area contributed by atoms with E-state index in [4.69, 9.17) is 5.73 Å². The second-order valence-electron chi connectivity index (χ2n) is 4.24. The average Bonchev–Trinajstić information content (AvgIpc) is 2.82. The molecule has 20 heavy (non-hydrogen) atoms. The van der Waals surface area contributed by atoms with Crippen LogP contribution < -0.4 is 11.1 Å². The van der Waals surface area contributed by atoms with Crippen molar-refractivity contribution in [3.63, 3.8) is 0 Å². The molecule has 0 atom stereocenters. The number of nitro groups is 1. The lowest BCUT2D eigenvalue weighted by molar-refractivity contribution is -0.383. The van der Waals surface area contributed by atoms with E-state index >= 15 is 0 Å². The maximum Gasteiger partial charge on any atom is 0.292 e. The summed E-state index contributed by atoms with van der Waals surface area (Å²) in [6.45, 7) is 0.296. The third-order valence-electron chi connectivity index (χ3n) is 2.70. The highest BCUT2D eigenvalue weighted by Gasteiger charge is 2.15. The summed E-state index contributed by atoms with van der Waals surface area (Å²) in [5.41, 5.74) is 6.25. The van der Waals surface area contributed by atoms with E-state index in [1.165, 1.54) is 12.1 Å². The van der Waals surface area contributed by atoms with Gasteiger partial charge in [0.2, 0.25) is 0 Å². The fourth-order valence-corrected chi connectivity index (χ4v) is 1.69. The number of anilines is 1. The van der Waals surface area contributed by atoms with Crippen LogP contribution in [0.5, 0.6) is 0 Å². The fraction of sp³-hybridized carbons (Fsp3) is 0.167. The van der Waals surface area contributed by atoms with Crippen LogP contribution in [0.15, 0.2) is 30.6 Å². The Kier molecular flexibility index (Phi) is 3.65. The summed E-state index contributed by atoms with van der Waals surface area (Å²) >= 11 is 0. The molecular weight excluding hydrogens is 262 g/mol. The number of rotatable bonds is 4. The van der Waals surface area contributed by atoms with Gasteiger partial charge in [-0.2, -0.15) is 5.10 Å². The second kappa shape index (κ2) is 5.39. The molecule has 0 aliphatic heterocycles. The predicted molar refractivity (Wildman–Crippen MR) is 71.9 cm³/mol. The Balaban J connectivity index is 2.09. The van der Waals surface area contributed by atoms with Crippen LogP contribution in [0.25, 0.3) is 0 Å². The highest BCUT2D eigenvalue weighted by molar-refractivity contribution is 5.95. The molecule has 8 heteroatoms. The lowest BCUT2D eigenvalue weighted by Gasteiger charge is -2.04. The number of benzene rings is 1. The van der Waals surface area contributed by atoms with Crippen molar-refractivity contribution in [1.82, 2.24) is 15.1 Å². The first kappa shape index (κ1) is 13.5. The number of carbonyl (C=O) groups is 1. The van der Waals surface area contributed by atoms with Gasteiger partial charge < -0.3 is 11.1 Å². The van der Waals surface area contributed by atoms with Gasteiger partial charge in [0, 0.05) is 37.0 Å². The van der Waals surface area contributed by atoms with Crippen LogP contribution in [0.2, 0.25) is 0 Å². The molecule has 0 aliphatic carbocycles. The van der Waals surface area contributed by atoms with Crippen molar-refractivity contribution in [2.75, 3.05) is 5.73 Å². The molecule has 8 nitrogen and oxygen atoms in total.